The summed E-state index contributed by atoms with van der Waals surface area (Å²) in [7, 11) is 0. The number of halogens is 1. The molecule has 0 fully saturated rings. The maximum absolute atomic E-state index is 10.3. The topological polar surface area (TPSA) is 86.7 Å². The fraction of sp³-hybridized carbons (Fsp3) is 0.0909. The quantitative estimate of drug-likeness (QED) is 0.514. The highest BCUT2D eigenvalue weighted by atomic mass is 35.5. The lowest BCUT2D eigenvalue weighted by molar-refractivity contribution is -0.104. The van der Waals surface area contributed by atoms with Crippen LogP contribution >= 0.6 is 11.6 Å². The summed E-state index contributed by atoms with van der Waals surface area (Å²) in [6.45, 7) is 1.85. The zero-order valence-corrected chi connectivity index (χ0v) is 10.3. The number of hydrogen-bond donors (Lipinski definition) is 1. The van der Waals surface area contributed by atoms with E-state index in [4.69, 9.17) is 17.3 Å². The van der Waals surface area contributed by atoms with Crippen molar-refractivity contribution in [3.05, 3.63) is 34.7 Å². The first-order valence-corrected chi connectivity index (χ1v) is 5.46. The minimum Gasteiger partial charge on any atom is -0.368 e. The van der Waals surface area contributed by atoms with E-state index in [9.17, 15) is 4.79 Å². The van der Waals surface area contributed by atoms with Crippen molar-refractivity contribution in [2.45, 2.75) is 6.92 Å². The van der Waals surface area contributed by atoms with E-state index in [0.717, 1.165) is 11.3 Å². The molecule has 0 radical (unpaired) electrons. The summed E-state index contributed by atoms with van der Waals surface area (Å²) in [6, 6.07) is 1.56. The van der Waals surface area contributed by atoms with Gasteiger partial charge in [0.2, 0.25) is 5.95 Å². The molecule has 0 atom stereocenters. The van der Waals surface area contributed by atoms with E-state index in [1.54, 1.807) is 23.0 Å². The summed E-state index contributed by atoms with van der Waals surface area (Å²) in [4.78, 5) is 18.1. The van der Waals surface area contributed by atoms with Gasteiger partial charge in [0.05, 0.1) is 11.9 Å². The van der Waals surface area contributed by atoms with Crippen molar-refractivity contribution in [1.29, 1.82) is 0 Å². The van der Waals surface area contributed by atoms with Crippen LogP contribution in [0.3, 0.4) is 0 Å². The largest absolute Gasteiger partial charge is 0.368 e. The molecule has 2 N–H and O–H groups in total. The molecule has 0 saturated carbocycles. The lowest BCUT2D eigenvalue weighted by Gasteiger charge is -2.04. The third-order valence-corrected chi connectivity index (χ3v) is 2.51. The standard InChI is InChI=1S/C11H10ClN5O/c1-7-8(3-2-4-18)6-14-17(7)10-5-9(12)15-11(13)16-10/h2-6H,1H3,(H2,13,15,16). The molecular weight excluding hydrogens is 254 g/mol. The van der Waals surface area contributed by atoms with Crippen LogP contribution in [-0.2, 0) is 4.79 Å². The summed E-state index contributed by atoms with van der Waals surface area (Å²) in [5.74, 6) is 0.563. The zero-order chi connectivity index (χ0) is 13.1. The molecule has 0 amide bonds. The molecule has 2 aromatic heterocycles. The van der Waals surface area contributed by atoms with Gasteiger partial charge in [0.25, 0.3) is 0 Å². The van der Waals surface area contributed by atoms with Crippen molar-refractivity contribution in [3.63, 3.8) is 0 Å². The molecule has 2 heterocycles. The fourth-order valence-corrected chi connectivity index (χ4v) is 1.68. The average Bonchev–Trinajstić information content (AvgIpc) is 2.67. The van der Waals surface area contributed by atoms with Gasteiger partial charge < -0.3 is 5.73 Å². The van der Waals surface area contributed by atoms with Crippen molar-refractivity contribution >= 4 is 29.9 Å². The SMILES string of the molecule is Cc1c(C=CC=O)cnn1-c1cc(Cl)nc(N)n1. The van der Waals surface area contributed by atoms with Crippen molar-refractivity contribution in [1.82, 2.24) is 19.7 Å². The normalized spacial score (nSPS) is 11.0. The fourth-order valence-electron chi connectivity index (χ4n) is 1.49. The molecule has 0 aromatic carbocycles. The number of anilines is 1. The lowest BCUT2D eigenvalue weighted by atomic mass is 10.2. The van der Waals surface area contributed by atoms with Crippen LogP contribution in [0, 0.1) is 6.92 Å². The second-order valence-corrected chi connectivity index (χ2v) is 3.89. The van der Waals surface area contributed by atoms with E-state index in [-0.39, 0.29) is 11.1 Å². The molecule has 18 heavy (non-hydrogen) atoms. The van der Waals surface area contributed by atoms with Crippen LogP contribution in [0.4, 0.5) is 5.95 Å². The first-order valence-electron chi connectivity index (χ1n) is 5.08. The van der Waals surface area contributed by atoms with Crippen molar-refractivity contribution in [2.75, 3.05) is 5.73 Å². The van der Waals surface area contributed by atoms with Crippen molar-refractivity contribution < 1.29 is 4.79 Å². The predicted octanol–water partition coefficient (Wildman–Crippen LogP) is 1.42. The van der Waals surface area contributed by atoms with E-state index in [1.807, 2.05) is 6.92 Å². The van der Waals surface area contributed by atoms with Gasteiger partial charge in [0.1, 0.15) is 11.4 Å². The summed E-state index contributed by atoms with van der Waals surface area (Å²) < 4.78 is 1.58. The van der Waals surface area contributed by atoms with Crippen LogP contribution < -0.4 is 5.73 Å². The Morgan fingerprint density at radius 3 is 2.89 bits per heavy atom. The number of carbonyl (C=O) groups excluding carboxylic acids is 1. The Hall–Kier alpha value is -2.21. The molecule has 0 saturated heterocycles. The molecule has 2 aromatic rings. The number of nitrogen functional groups attached to an aromatic ring is 1. The molecule has 92 valence electrons. The van der Waals surface area contributed by atoms with Crippen LogP contribution in [0.5, 0.6) is 0 Å². The monoisotopic (exact) mass is 263 g/mol. The van der Waals surface area contributed by atoms with Gasteiger partial charge in [-0.1, -0.05) is 11.6 Å². The van der Waals surface area contributed by atoms with Crippen LogP contribution in [-0.4, -0.2) is 26.0 Å². The average molecular weight is 264 g/mol. The number of allylic oxidation sites excluding steroid dienone is 1. The van der Waals surface area contributed by atoms with E-state index >= 15 is 0 Å². The van der Waals surface area contributed by atoms with Gasteiger partial charge in [-0.25, -0.2) is 9.67 Å². The highest BCUT2D eigenvalue weighted by molar-refractivity contribution is 6.29. The number of nitrogens with two attached hydrogens (primary N) is 1. The van der Waals surface area contributed by atoms with Crippen molar-refractivity contribution in [2.24, 2.45) is 0 Å². The highest BCUT2D eigenvalue weighted by Gasteiger charge is 2.09. The number of aldehydes is 1. The first-order chi connectivity index (χ1) is 8.61. The molecule has 0 aliphatic rings. The number of rotatable bonds is 3. The number of carbonyl (C=O) groups is 1. The van der Waals surface area contributed by atoms with Gasteiger partial charge in [-0.15, -0.1) is 0 Å². The number of hydrogen-bond acceptors (Lipinski definition) is 5. The van der Waals surface area contributed by atoms with Gasteiger partial charge in [-0.3, -0.25) is 4.79 Å². The molecule has 0 bridgehead atoms. The van der Waals surface area contributed by atoms with Gasteiger partial charge >= 0.3 is 0 Å². The Balaban J connectivity index is 2.48. The molecule has 0 aliphatic heterocycles. The molecule has 7 heteroatoms. The molecule has 2 rings (SSSR count). The third-order valence-electron chi connectivity index (χ3n) is 2.32. The van der Waals surface area contributed by atoms with E-state index < -0.39 is 0 Å². The van der Waals surface area contributed by atoms with Crippen LogP contribution in [0.2, 0.25) is 5.15 Å². The number of aromatic nitrogens is 4. The minimum atomic E-state index is 0.0809. The summed E-state index contributed by atoms with van der Waals surface area (Å²) in [6.07, 6.45) is 5.39. The molecule has 6 nitrogen and oxygen atoms in total. The lowest BCUT2D eigenvalue weighted by Crippen LogP contribution is -2.05. The Kier molecular flexibility index (Phi) is 3.38. The maximum atomic E-state index is 10.3. The van der Waals surface area contributed by atoms with Crippen LogP contribution in [0.25, 0.3) is 11.9 Å². The highest BCUT2D eigenvalue weighted by Crippen LogP contribution is 2.16. The van der Waals surface area contributed by atoms with E-state index in [1.165, 1.54) is 6.08 Å². The maximum Gasteiger partial charge on any atom is 0.223 e. The van der Waals surface area contributed by atoms with Crippen LogP contribution in [0.1, 0.15) is 11.3 Å². The Bertz CT molecular complexity index is 600. The second-order valence-electron chi connectivity index (χ2n) is 3.50. The van der Waals surface area contributed by atoms with Gasteiger partial charge in [-0.2, -0.15) is 10.1 Å². The Labute approximate surface area is 108 Å². The summed E-state index contributed by atoms with van der Waals surface area (Å²) in [5, 5.41) is 4.41. The number of nitrogens with zero attached hydrogens (tertiary/aromatic N) is 4. The van der Waals surface area contributed by atoms with E-state index in [2.05, 4.69) is 15.1 Å². The van der Waals surface area contributed by atoms with Crippen molar-refractivity contribution in [3.8, 4) is 5.82 Å². The summed E-state index contributed by atoms with van der Waals surface area (Å²) in [5.41, 5.74) is 7.16. The third kappa shape index (κ3) is 2.38. The molecule has 0 aliphatic carbocycles. The predicted molar refractivity (Wildman–Crippen MR) is 68.4 cm³/mol. The second kappa shape index (κ2) is 4.97. The Morgan fingerprint density at radius 1 is 1.44 bits per heavy atom. The minimum absolute atomic E-state index is 0.0809. The molecule has 0 spiro atoms. The van der Waals surface area contributed by atoms with Crippen LogP contribution in [0.15, 0.2) is 18.3 Å². The summed E-state index contributed by atoms with van der Waals surface area (Å²) >= 11 is 5.81. The van der Waals surface area contributed by atoms with E-state index in [0.29, 0.717) is 12.1 Å². The molecule has 0 unspecified atom stereocenters. The smallest absolute Gasteiger partial charge is 0.223 e. The van der Waals surface area contributed by atoms with Gasteiger partial charge in [0.15, 0.2) is 5.82 Å². The van der Waals surface area contributed by atoms with Gasteiger partial charge in [0, 0.05) is 11.6 Å². The molecular formula is C11H10ClN5O. The zero-order valence-electron chi connectivity index (χ0n) is 9.54. The first kappa shape index (κ1) is 12.3. The van der Waals surface area contributed by atoms with Gasteiger partial charge in [-0.05, 0) is 19.1 Å². The Morgan fingerprint density at radius 2 is 2.22 bits per heavy atom.